The first-order valence-electron chi connectivity index (χ1n) is 5.44. The van der Waals surface area contributed by atoms with Crippen molar-refractivity contribution in [1.82, 2.24) is 0 Å². The standard InChI is InChI=1S/2C7H5BrCl2/c2*1-4-2-5(8)7(10)6(9)3-4/h2*2-3H,1H3. The monoisotopic (exact) mass is 476 g/mol. The molecule has 0 saturated heterocycles. The second-order valence-electron chi connectivity index (χ2n) is 4.09. The third-order valence-corrected chi connectivity index (χ3v) is 5.57. The molecule has 0 spiro atoms. The molecule has 0 atom stereocenters. The van der Waals surface area contributed by atoms with E-state index in [-0.39, 0.29) is 0 Å². The van der Waals surface area contributed by atoms with Crippen LogP contribution < -0.4 is 0 Å². The van der Waals surface area contributed by atoms with Crippen molar-refractivity contribution < 1.29 is 0 Å². The van der Waals surface area contributed by atoms with Crippen LogP contribution in [-0.4, -0.2) is 0 Å². The molecule has 20 heavy (non-hydrogen) atoms. The van der Waals surface area contributed by atoms with Gasteiger partial charge in [0.1, 0.15) is 0 Å². The molecular weight excluding hydrogens is 470 g/mol. The van der Waals surface area contributed by atoms with Crippen molar-refractivity contribution >= 4 is 78.3 Å². The molecule has 0 aliphatic carbocycles. The van der Waals surface area contributed by atoms with E-state index in [1.54, 1.807) is 0 Å². The molecule has 0 N–H and O–H groups in total. The number of halogens is 6. The highest BCUT2D eigenvalue weighted by Crippen LogP contribution is 2.31. The summed E-state index contributed by atoms with van der Waals surface area (Å²) in [4.78, 5) is 0. The first kappa shape index (κ1) is 18.6. The topological polar surface area (TPSA) is 0 Å². The molecule has 0 aromatic heterocycles. The van der Waals surface area contributed by atoms with Crippen molar-refractivity contribution in [1.29, 1.82) is 0 Å². The van der Waals surface area contributed by atoms with Gasteiger partial charge in [-0.15, -0.1) is 0 Å². The quantitative estimate of drug-likeness (QED) is 0.335. The van der Waals surface area contributed by atoms with E-state index in [1.165, 1.54) is 0 Å². The number of rotatable bonds is 0. The van der Waals surface area contributed by atoms with Gasteiger partial charge in [-0.25, -0.2) is 0 Å². The SMILES string of the molecule is Cc1cc(Cl)c(Cl)c(Br)c1.Cc1cc(Cl)c(Cl)c(Br)c1. The second-order valence-corrected chi connectivity index (χ2v) is 7.36. The van der Waals surface area contributed by atoms with Gasteiger partial charge in [0.2, 0.25) is 0 Å². The van der Waals surface area contributed by atoms with Gasteiger partial charge in [-0.2, -0.15) is 0 Å². The zero-order valence-corrected chi connectivity index (χ0v) is 16.8. The minimum Gasteiger partial charge on any atom is -0.0827 e. The molecule has 2 aromatic carbocycles. The average molecular weight is 480 g/mol. The van der Waals surface area contributed by atoms with Crippen molar-refractivity contribution in [2.24, 2.45) is 0 Å². The molecule has 108 valence electrons. The van der Waals surface area contributed by atoms with Gasteiger partial charge in [0, 0.05) is 8.95 Å². The lowest BCUT2D eigenvalue weighted by atomic mass is 10.2. The van der Waals surface area contributed by atoms with Gasteiger partial charge < -0.3 is 0 Å². The highest BCUT2D eigenvalue weighted by molar-refractivity contribution is 9.10. The molecule has 0 heterocycles. The van der Waals surface area contributed by atoms with E-state index in [4.69, 9.17) is 46.4 Å². The van der Waals surface area contributed by atoms with Crippen LogP contribution in [-0.2, 0) is 0 Å². The van der Waals surface area contributed by atoms with Crippen molar-refractivity contribution in [3.63, 3.8) is 0 Å². The summed E-state index contributed by atoms with van der Waals surface area (Å²) < 4.78 is 1.69. The molecule has 0 radical (unpaired) electrons. The number of hydrogen-bond donors (Lipinski definition) is 0. The molecule has 0 fully saturated rings. The Morgan fingerprint density at radius 3 is 1.20 bits per heavy atom. The molecule has 0 bridgehead atoms. The van der Waals surface area contributed by atoms with Crippen LogP contribution in [0.4, 0.5) is 0 Å². The van der Waals surface area contributed by atoms with E-state index < -0.39 is 0 Å². The van der Waals surface area contributed by atoms with E-state index in [0.29, 0.717) is 20.1 Å². The number of hydrogen-bond acceptors (Lipinski definition) is 0. The maximum Gasteiger partial charge on any atom is 0.0734 e. The number of aryl methyl sites for hydroxylation is 2. The van der Waals surface area contributed by atoms with Gasteiger partial charge in [0.05, 0.1) is 20.1 Å². The molecule has 0 aliphatic rings. The summed E-state index contributed by atoms with van der Waals surface area (Å²) in [6.07, 6.45) is 0. The molecule has 0 nitrogen and oxygen atoms in total. The summed E-state index contributed by atoms with van der Waals surface area (Å²) in [6.45, 7) is 3.93. The Kier molecular flexibility index (Phi) is 7.69. The van der Waals surface area contributed by atoms with Crippen molar-refractivity contribution in [2.75, 3.05) is 0 Å². The van der Waals surface area contributed by atoms with Gasteiger partial charge >= 0.3 is 0 Å². The predicted molar refractivity (Wildman–Crippen MR) is 97.8 cm³/mol. The highest BCUT2D eigenvalue weighted by Gasteiger charge is 2.02. The third-order valence-electron chi connectivity index (χ3n) is 2.26. The second kappa shape index (κ2) is 8.26. The maximum absolute atomic E-state index is 5.77. The van der Waals surface area contributed by atoms with Crippen molar-refractivity contribution in [3.05, 3.63) is 64.4 Å². The molecule has 0 aliphatic heterocycles. The average Bonchev–Trinajstić information content (AvgIpc) is 2.33. The molecular formula is C14H10Br2Cl4. The highest BCUT2D eigenvalue weighted by atomic mass is 79.9. The van der Waals surface area contributed by atoms with Crippen LogP contribution in [0.2, 0.25) is 20.1 Å². The van der Waals surface area contributed by atoms with Gasteiger partial charge in [0.25, 0.3) is 0 Å². The fourth-order valence-electron chi connectivity index (χ4n) is 1.36. The first-order chi connectivity index (χ1) is 9.22. The van der Waals surface area contributed by atoms with Crippen LogP contribution >= 0.6 is 78.3 Å². The zero-order valence-electron chi connectivity index (χ0n) is 10.6. The van der Waals surface area contributed by atoms with Crippen LogP contribution in [0.1, 0.15) is 11.1 Å². The molecule has 0 amide bonds. The van der Waals surface area contributed by atoms with Crippen LogP contribution in [0.15, 0.2) is 33.2 Å². The fraction of sp³-hybridized carbons (Fsp3) is 0.143. The minimum atomic E-state index is 0.576. The van der Waals surface area contributed by atoms with Crippen LogP contribution in [0.3, 0.4) is 0 Å². The summed E-state index contributed by atoms with van der Waals surface area (Å²) in [7, 11) is 0. The van der Waals surface area contributed by atoms with E-state index in [9.17, 15) is 0 Å². The van der Waals surface area contributed by atoms with E-state index in [0.717, 1.165) is 20.1 Å². The van der Waals surface area contributed by atoms with Crippen LogP contribution in [0.5, 0.6) is 0 Å². The maximum atomic E-state index is 5.77. The Hall–Kier alpha value is 0.560. The van der Waals surface area contributed by atoms with Crippen LogP contribution in [0.25, 0.3) is 0 Å². The summed E-state index contributed by atoms with van der Waals surface area (Å²) in [5.74, 6) is 0. The Balaban J connectivity index is 0.000000200. The first-order valence-corrected chi connectivity index (χ1v) is 8.54. The normalized spacial score (nSPS) is 10.0. The van der Waals surface area contributed by atoms with Crippen molar-refractivity contribution in [2.45, 2.75) is 13.8 Å². The lowest BCUT2D eigenvalue weighted by Gasteiger charge is -1.99. The van der Waals surface area contributed by atoms with E-state index >= 15 is 0 Å². The van der Waals surface area contributed by atoms with E-state index in [1.807, 2.05) is 38.1 Å². The molecule has 2 aromatic rings. The number of benzene rings is 2. The van der Waals surface area contributed by atoms with Crippen LogP contribution in [0, 0.1) is 13.8 Å². The van der Waals surface area contributed by atoms with Crippen molar-refractivity contribution in [3.8, 4) is 0 Å². The lowest BCUT2D eigenvalue weighted by molar-refractivity contribution is 1.45. The molecule has 2 rings (SSSR count). The molecule has 6 heteroatoms. The molecule has 0 saturated carbocycles. The minimum absolute atomic E-state index is 0.576. The Morgan fingerprint density at radius 2 is 0.950 bits per heavy atom. The Morgan fingerprint density at radius 1 is 0.650 bits per heavy atom. The summed E-state index contributed by atoms with van der Waals surface area (Å²) in [5, 5.41) is 2.33. The zero-order chi connectivity index (χ0) is 15.4. The predicted octanol–water partition coefficient (Wildman–Crippen LogP) is 8.13. The Bertz CT molecular complexity index is 525. The smallest absolute Gasteiger partial charge is 0.0734 e. The summed E-state index contributed by atoms with van der Waals surface area (Å²) >= 11 is 29.6. The largest absolute Gasteiger partial charge is 0.0827 e. The summed E-state index contributed by atoms with van der Waals surface area (Å²) in [5.41, 5.74) is 2.20. The van der Waals surface area contributed by atoms with Gasteiger partial charge in [-0.1, -0.05) is 46.4 Å². The summed E-state index contributed by atoms with van der Waals surface area (Å²) in [6, 6.07) is 7.51. The van der Waals surface area contributed by atoms with E-state index in [2.05, 4.69) is 31.9 Å². The lowest BCUT2D eigenvalue weighted by Crippen LogP contribution is -1.75. The fourth-order valence-corrected chi connectivity index (χ4v) is 3.51. The Labute approximate surface area is 155 Å². The third kappa shape index (κ3) is 5.40. The van der Waals surface area contributed by atoms with Gasteiger partial charge in [0.15, 0.2) is 0 Å². The van der Waals surface area contributed by atoms with Gasteiger partial charge in [-0.3, -0.25) is 0 Å². The van der Waals surface area contributed by atoms with Gasteiger partial charge in [-0.05, 0) is 81.1 Å². The molecule has 0 unspecified atom stereocenters.